The topological polar surface area (TPSA) is 80.3 Å². The van der Waals surface area contributed by atoms with Gasteiger partial charge in [-0.2, -0.15) is 5.10 Å². The lowest BCUT2D eigenvalue weighted by atomic mass is 10.1. The predicted octanol–water partition coefficient (Wildman–Crippen LogP) is 6.05. The minimum absolute atomic E-state index is 0.322. The van der Waals surface area contributed by atoms with Crippen molar-refractivity contribution in [3.63, 3.8) is 0 Å². The third kappa shape index (κ3) is 4.64. The smallest absolute Gasteiger partial charge is 0.410 e. The van der Waals surface area contributed by atoms with Crippen molar-refractivity contribution in [2.24, 2.45) is 0 Å². The van der Waals surface area contributed by atoms with E-state index in [0.29, 0.717) is 13.1 Å². The van der Waals surface area contributed by atoms with Gasteiger partial charge < -0.3 is 14.4 Å². The second-order valence-electron chi connectivity index (χ2n) is 9.22. The Labute approximate surface area is 198 Å². The van der Waals surface area contributed by atoms with Gasteiger partial charge in [0.2, 0.25) is 0 Å². The Bertz CT molecular complexity index is 1350. The minimum atomic E-state index is -0.530. The summed E-state index contributed by atoms with van der Waals surface area (Å²) in [6, 6.07) is 19.5. The molecule has 7 nitrogen and oxygen atoms in total. The number of aromatic nitrogens is 3. The van der Waals surface area contributed by atoms with Gasteiger partial charge in [-0.15, -0.1) is 0 Å². The van der Waals surface area contributed by atoms with Crippen molar-refractivity contribution in [1.82, 2.24) is 20.1 Å². The summed E-state index contributed by atoms with van der Waals surface area (Å²) in [5, 5.41) is 8.24. The highest BCUT2D eigenvalue weighted by Crippen LogP contribution is 2.32. The van der Waals surface area contributed by atoms with Gasteiger partial charge in [0, 0.05) is 17.5 Å². The third-order valence-corrected chi connectivity index (χ3v) is 5.44. The molecule has 7 heteroatoms. The monoisotopic (exact) mass is 454 g/mol. The van der Waals surface area contributed by atoms with Crippen molar-refractivity contribution in [3.8, 4) is 22.8 Å². The number of nitrogens with one attached hydrogen (secondary N) is 1. The highest BCUT2D eigenvalue weighted by Gasteiger charge is 2.26. The Morgan fingerprint density at radius 2 is 1.76 bits per heavy atom. The third-order valence-electron chi connectivity index (χ3n) is 5.44. The molecular weight excluding hydrogens is 428 g/mol. The van der Waals surface area contributed by atoms with Crippen molar-refractivity contribution in [3.05, 3.63) is 78.6 Å². The van der Waals surface area contributed by atoms with E-state index in [0.717, 1.165) is 44.9 Å². The fourth-order valence-corrected chi connectivity index (χ4v) is 3.84. The molecule has 34 heavy (non-hydrogen) atoms. The number of carbonyl (C=O) groups excluding carboxylic acids is 1. The lowest BCUT2D eigenvalue weighted by Crippen LogP contribution is -2.35. The summed E-state index contributed by atoms with van der Waals surface area (Å²) < 4.78 is 11.4. The van der Waals surface area contributed by atoms with Gasteiger partial charge in [-0.3, -0.25) is 5.10 Å². The molecule has 172 valence electrons. The number of amides is 1. The number of carbonyl (C=O) groups is 1. The first-order valence-electron chi connectivity index (χ1n) is 11.2. The Morgan fingerprint density at radius 3 is 2.50 bits per heavy atom. The predicted molar refractivity (Wildman–Crippen MR) is 132 cm³/mol. The van der Waals surface area contributed by atoms with Gasteiger partial charge in [-0.25, -0.2) is 9.78 Å². The van der Waals surface area contributed by atoms with Crippen molar-refractivity contribution in [1.29, 1.82) is 0 Å². The summed E-state index contributed by atoms with van der Waals surface area (Å²) >= 11 is 0. The van der Waals surface area contributed by atoms with Gasteiger partial charge in [0.1, 0.15) is 17.1 Å². The molecule has 0 saturated heterocycles. The molecule has 0 unspecified atom stereocenters. The average molecular weight is 455 g/mol. The van der Waals surface area contributed by atoms with Crippen LogP contribution < -0.4 is 4.74 Å². The van der Waals surface area contributed by atoms with Crippen LogP contribution in [0.2, 0.25) is 0 Å². The van der Waals surface area contributed by atoms with E-state index in [1.54, 1.807) is 11.1 Å². The van der Waals surface area contributed by atoms with Crippen LogP contribution >= 0.6 is 0 Å². The lowest BCUT2D eigenvalue weighted by molar-refractivity contribution is 0.0306. The van der Waals surface area contributed by atoms with E-state index in [2.05, 4.69) is 10.2 Å². The van der Waals surface area contributed by atoms with Crippen molar-refractivity contribution < 1.29 is 14.3 Å². The first-order chi connectivity index (χ1) is 16.4. The summed E-state index contributed by atoms with van der Waals surface area (Å²) in [6.45, 7) is 6.55. The van der Waals surface area contributed by atoms with E-state index in [-0.39, 0.29) is 6.09 Å². The number of hydrogen-bond acceptors (Lipinski definition) is 5. The van der Waals surface area contributed by atoms with Gasteiger partial charge in [-0.05, 0) is 68.8 Å². The molecule has 3 heterocycles. The SMILES string of the molecule is CC(C)(C)OC(=O)N1CC=C(c2cc3cn[nH]c3c(-c3ccc(Oc4ccccc4)cc3)n2)C1. The van der Waals surface area contributed by atoms with E-state index in [4.69, 9.17) is 14.5 Å². The van der Waals surface area contributed by atoms with Gasteiger partial charge in [0.25, 0.3) is 0 Å². The molecule has 0 bridgehead atoms. The largest absolute Gasteiger partial charge is 0.457 e. The Kier molecular flexibility index (Phi) is 5.53. The fourth-order valence-electron chi connectivity index (χ4n) is 3.84. The number of pyridine rings is 1. The number of ether oxygens (including phenoxy) is 2. The number of fused-ring (bicyclic) bond motifs is 1. The molecule has 1 aliphatic rings. The van der Waals surface area contributed by atoms with E-state index in [1.165, 1.54) is 0 Å². The van der Waals surface area contributed by atoms with E-state index < -0.39 is 5.60 Å². The van der Waals surface area contributed by atoms with Crippen LogP contribution in [-0.4, -0.2) is 44.9 Å². The van der Waals surface area contributed by atoms with Crippen LogP contribution in [0.25, 0.3) is 27.7 Å². The number of rotatable bonds is 4. The highest BCUT2D eigenvalue weighted by molar-refractivity contribution is 5.93. The van der Waals surface area contributed by atoms with Crippen LogP contribution in [0.1, 0.15) is 26.5 Å². The van der Waals surface area contributed by atoms with Crippen LogP contribution in [-0.2, 0) is 4.74 Å². The maximum Gasteiger partial charge on any atom is 0.410 e. The van der Waals surface area contributed by atoms with Crippen LogP contribution in [0, 0.1) is 0 Å². The molecule has 1 aliphatic heterocycles. The van der Waals surface area contributed by atoms with Crippen molar-refractivity contribution in [2.45, 2.75) is 26.4 Å². The number of para-hydroxylation sites is 1. The molecule has 0 radical (unpaired) electrons. The van der Waals surface area contributed by atoms with Crippen LogP contribution in [0.5, 0.6) is 11.5 Å². The Morgan fingerprint density at radius 1 is 1.03 bits per heavy atom. The summed E-state index contributed by atoms with van der Waals surface area (Å²) in [5.41, 5.74) is 3.88. The quantitative estimate of drug-likeness (QED) is 0.406. The number of hydrogen-bond donors (Lipinski definition) is 1. The Hall–Kier alpha value is -4.13. The molecule has 1 N–H and O–H groups in total. The molecule has 0 atom stereocenters. The van der Waals surface area contributed by atoms with Crippen LogP contribution in [0.3, 0.4) is 0 Å². The van der Waals surface area contributed by atoms with Crippen LogP contribution in [0.15, 0.2) is 72.9 Å². The zero-order chi connectivity index (χ0) is 23.7. The lowest BCUT2D eigenvalue weighted by Gasteiger charge is -2.24. The number of nitrogens with zero attached hydrogens (tertiary/aromatic N) is 3. The summed E-state index contributed by atoms with van der Waals surface area (Å²) in [6.07, 6.45) is 3.49. The highest BCUT2D eigenvalue weighted by atomic mass is 16.6. The summed E-state index contributed by atoms with van der Waals surface area (Å²) in [7, 11) is 0. The Balaban J connectivity index is 1.40. The zero-order valence-corrected chi connectivity index (χ0v) is 19.4. The maximum atomic E-state index is 12.5. The fraction of sp³-hybridized carbons (Fsp3) is 0.222. The molecule has 0 spiro atoms. The van der Waals surface area contributed by atoms with Gasteiger partial charge >= 0.3 is 6.09 Å². The van der Waals surface area contributed by atoms with E-state index >= 15 is 0 Å². The average Bonchev–Trinajstić information content (AvgIpc) is 3.48. The number of aromatic amines is 1. The maximum absolute atomic E-state index is 12.5. The minimum Gasteiger partial charge on any atom is -0.457 e. The first-order valence-corrected chi connectivity index (χ1v) is 11.2. The van der Waals surface area contributed by atoms with Gasteiger partial charge in [0.15, 0.2) is 0 Å². The standard InChI is InChI=1S/C27H26N4O3/c1-27(2,3)34-26(32)31-14-13-19(17-31)23-15-20-16-28-30-25(20)24(29-23)18-9-11-22(12-10-18)33-21-7-5-4-6-8-21/h4-13,15-16H,14,17H2,1-3H3,(H,28,30). The number of benzene rings is 2. The second-order valence-corrected chi connectivity index (χ2v) is 9.22. The molecule has 2 aromatic carbocycles. The summed E-state index contributed by atoms with van der Waals surface area (Å²) in [5.74, 6) is 1.53. The van der Waals surface area contributed by atoms with Crippen molar-refractivity contribution in [2.75, 3.05) is 13.1 Å². The van der Waals surface area contributed by atoms with Crippen LogP contribution in [0.4, 0.5) is 4.79 Å². The molecule has 0 fully saturated rings. The molecule has 5 rings (SSSR count). The molecule has 4 aromatic rings. The second kappa shape index (κ2) is 8.67. The molecule has 1 amide bonds. The summed E-state index contributed by atoms with van der Waals surface area (Å²) in [4.78, 5) is 19.1. The first kappa shape index (κ1) is 21.7. The molecule has 0 saturated carbocycles. The van der Waals surface area contributed by atoms with E-state index in [9.17, 15) is 4.79 Å². The molecular formula is C27H26N4O3. The molecule has 0 aliphatic carbocycles. The zero-order valence-electron chi connectivity index (χ0n) is 19.4. The van der Waals surface area contributed by atoms with Gasteiger partial charge in [0.05, 0.1) is 29.6 Å². The molecule has 2 aromatic heterocycles. The van der Waals surface area contributed by atoms with Gasteiger partial charge in [-0.1, -0.05) is 24.3 Å². The van der Waals surface area contributed by atoms with Crippen molar-refractivity contribution >= 4 is 22.6 Å². The number of H-pyrrole nitrogens is 1. The van der Waals surface area contributed by atoms with E-state index in [1.807, 2.05) is 87.5 Å². The normalized spacial score (nSPS) is 13.7.